The zero-order valence-corrected chi connectivity index (χ0v) is 9.42. The first kappa shape index (κ1) is 11.7. The molecule has 1 rings (SSSR count). The van der Waals surface area contributed by atoms with Crippen molar-refractivity contribution < 1.29 is 9.53 Å². The molecule has 2 heteroatoms. The molecule has 14 heavy (non-hydrogen) atoms. The number of methoxy groups -OCH3 is 1. The van der Waals surface area contributed by atoms with Gasteiger partial charge in [0.1, 0.15) is 6.61 Å². The zero-order chi connectivity index (χ0) is 10.4. The second-order valence-corrected chi connectivity index (χ2v) is 4.47. The third-order valence-corrected chi connectivity index (χ3v) is 3.37. The van der Waals surface area contributed by atoms with Crippen LogP contribution in [0.4, 0.5) is 0 Å². The molecule has 2 nitrogen and oxygen atoms in total. The molecule has 0 heterocycles. The minimum atomic E-state index is 0.271. The number of rotatable bonds is 5. The smallest absolute Gasteiger partial charge is 0.158 e. The van der Waals surface area contributed by atoms with E-state index in [1.807, 2.05) is 0 Å². The molecule has 1 aliphatic rings. The number of ether oxygens (including phenoxy) is 1. The van der Waals surface area contributed by atoms with Crippen LogP contribution in [0.1, 0.15) is 45.4 Å². The lowest BCUT2D eigenvalue weighted by Gasteiger charge is -2.27. The van der Waals surface area contributed by atoms with Gasteiger partial charge in [-0.05, 0) is 24.7 Å². The third-order valence-electron chi connectivity index (χ3n) is 3.37. The zero-order valence-electron chi connectivity index (χ0n) is 9.42. The van der Waals surface area contributed by atoms with Crippen LogP contribution >= 0.6 is 0 Å². The van der Waals surface area contributed by atoms with Crippen molar-refractivity contribution in [2.45, 2.75) is 45.4 Å². The Balaban J connectivity index is 2.18. The van der Waals surface area contributed by atoms with Crippen molar-refractivity contribution in [1.29, 1.82) is 0 Å². The minimum Gasteiger partial charge on any atom is -0.377 e. The first-order valence-corrected chi connectivity index (χ1v) is 5.76. The lowest BCUT2D eigenvalue weighted by atomic mass is 9.79. The van der Waals surface area contributed by atoms with E-state index in [4.69, 9.17) is 4.74 Å². The van der Waals surface area contributed by atoms with Crippen LogP contribution in [0.25, 0.3) is 0 Å². The first-order chi connectivity index (χ1) is 6.76. The maximum Gasteiger partial charge on any atom is 0.158 e. The van der Waals surface area contributed by atoms with Crippen molar-refractivity contribution in [1.82, 2.24) is 0 Å². The monoisotopic (exact) mass is 198 g/mol. The molecule has 0 bridgehead atoms. The van der Waals surface area contributed by atoms with E-state index in [9.17, 15) is 4.79 Å². The second kappa shape index (κ2) is 6.18. The Bertz CT molecular complexity index is 169. The van der Waals surface area contributed by atoms with Crippen LogP contribution in [-0.2, 0) is 9.53 Å². The van der Waals surface area contributed by atoms with Gasteiger partial charge in [-0.2, -0.15) is 0 Å². The number of carbonyl (C=O) groups is 1. The fourth-order valence-electron chi connectivity index (χ4n) is 2.39. The van der Waals surface area contributed by atoms with Gasteiger partial charge < -0.3 is 4.74 Å². The molecular formula is C12H22O2. The molecule has 0 atom stereocenters. The van der Waals surface area contributed by atoms with Crippen molar-refractivity contribution in [2.75, 3.05) is 13.7 Å². The van der Waals surface area contributed by atoms with Crippen LogP contribution < -0.4 is 0 Å². The van der Waals surface area contributed by atoms with E-state index in [0.29, 0.717) is 12.5 Å². The molecule has 82 valence electrons. The number of carbonyl (C=O) groups excluding carboxylic acids is 1. The van der Waals surface area contributed by atoms with E-state index in [1.165, 1.54) is 32.1 Å². The maximum absolute atomic E-state index is 11.3. The highest BCUT2D eigenvalue weighted by Gasteiger charge is 2.21. The van der Waals surface area contributed by atoms with E-state index in [2.05, 4.69) is 6.92 Å². The Morgan fingerprint density at radius 3 is 2.29 bits per heavy atom. The highest BCUT2D eigenvalue weighted by atomic mass is 16.5. The van der Waals surface area contributed by atoms with E-state index in [-0.39, 0.29) is 5.78 Å². The first-order valence-electron chi connectivity index (χ1n) is 5.76. The molecule has 0 amide bonds. The standard InChI is InChI=1S/C12H22O2/c1-3-10-4-6-11(7-5-10)8-12(13)9-14-2/h10-11H,3-9H2,1-2H3. The Labute approximate surface area is 87.0 Å². The SMILES string of the molecule is CCC1CCC(CC(=O)COC)CC1. The van der Waals surface area contributed by atoms with Gasteiger partial charge in [-0.1, -0.05) is 26.2 Å². The van der Waals surface area contributed by atoms with E-state index in [0.717, 1.165) is 12.3 Å². The Kier molecular flexibility index (Phi) is 5.16. The average molecular weight is 198 g/mol. The van der Waals surface area contributed by atoms with Crippen molar-refractivity contribution in [2.24, 2.45) is 11.8 Å². The summed E-state index contributed by atoms with van der Waals surface area (Å²) >= 11 is 0. The molecule has 0 spiro atoms. The third kappa shape index (κ3) is 3.79. The van der Waals surface area contributed by atoms with Gasteiger partial charge in [-0.15, -0.1) is 0 Å². The molecule has 0 radical (unpaired) electrons. The van der Waals surface area contributed by atoms with Gasteiger partial charge in [0.2, 0.25) is 0 Å². The molecule has 0 aromatic carbocycles. The van der Waals surface area contributed by atoms with Crippen LogP contribution in [-0.4, -0.2) is 19.5 Å². The van der Waals surface area contributed by atoms with E-state index in [1.54, 1.807) is 7.11 Å². The van der Waals surface area contributed by atoms with Crippen LogP contribution in [0.15, 0.2) is 0 Å². The maximum atomic E-state index is 11.3. The van der Waals surface area contributed by atoms with Crippen LogP contribution in [0.3, 0.4) is 0 Å². The summed E-state index contributed by atoms with van der Waals surface area (Å²) in [6, 6.07) is 0. The summed E-state index contributed by atoms with van der Waals surface area (Å²) in [5.41, 5.74) is 0. The van der Waals surface area contributed by atoms with Gasteiger partial charge in [0, 0.05) is 13.5 Å². The van der Waals surface area contributed by atoms with E-state index < -0.39 is 0 Å². The lowest BCUT2D eigenvalue weighted by molar-refractivity contribution is -0.123. The summed E-state index contributed by atoms with van der Waals surface area (Å²) in [5, 5.41) is 0. The Morgan fingerprint density at radius 2 is 1.79 bits per heavy atom. The van der Waals surface area contributed by atoms with Gasteiger partial charge in [-0.25, -0.2) is 0 Å². The highest BCUT2D eigenvalue weighted by molar-refractivity contribution is 5.79. The lowest BCUT2D eigenvalue weighted by Crippen LogP contribution is -2.18. The summed E-state index contributed by atoms with van der Waals surface area (Å²) in [7, 11) is 1.59. The summed E-state index contributed by atoms with van der Waals surface area (Å²) < 4.78 is 4.84. The quantitative estimate of drug-likeness (QED) is 0.679. The number of hydrogen-bond acceptors (Lipinski definition) is 2. The predicted octanol–water partition coefficient (Wildman–Crippen LogP) is 2.81. The molecule has 1 fully saturated rings. The van der Waals surface area contributed by atoms with Crippen molar-refractivity contribution in [3.05, 3.63) is 0 Å². The van der Waals surface area contributed by atoms with Crippen LogP contribution in [0, 0.1) is 11.8 Å². The Hall–Kier alpha value is -0.370. The predicted molar refractivity (Wildman–Crippen MR) is 57.2 cm³/mol. The van der Waals surface area contributed by atoms with Crippen molar-refractivity contribution in [3.63, 3.8) is 0 Å². The van der Waals surface area contributed by atoms with Gasteiger partial charge >= 0.3 is 0 Å². The summed E-state index contributed by atoms with van der Waals surface area (Å²) in [4.78, 5) is 11.3. The Morgan fingerprint density at radius 1 is 1.21 bits per heavy atom. The van der Waals surface area contributed by atoms with Gasteiger partial charge in [-0.3, -0.25) is 4.79 Å². The second-order valence-electron chi connectivity index (χ2n) is 4.47. The molecule has 0 aromatic rings. The van der Waals surface area contributed by atoms with Crippen molar-refractivity contribution in [3.8, 4) is 0 Å². The molecule has 0 aromatic heterocycles. The highest BCUT2D eigenvalue weighted by Crippen LogP contribution is 2.32. The fraction of sp³-hybridized carbons (Fsp3) is 0.917. The average Bonchev–Trinajstić information content (AvgIpc) is 2.19. The topological polar surface area (TPSA) is 26.3 Å². The van der Waals surface area contributed by atoms with Gasteiger partial charge in [0.05, 0.1) is 0 Å². The fourth-order valence-corrected chi connectivity index (χ4v) is 2.39. The molecule has 0 N–H and O–H groups in total. The molecular weight excluding hydrogens is 176 g/mol. The molecule has 1 aliphatic carbocycles. The molecule has 0 aliphatic heterocycles. The number of hydrogen-bond donors (Lipinski definition) is 0. The van der Waals surface area contributed by atoms with E-state index >= 15 is 0 Å². The minimum absolute atomic E-state index is 0.271. The molecule has 0 saturated heterocycles. The number of Topliss-reactive ketones (excluding diaryl/α,β-unsaturated/α-hetero) is 1. The number of ketones is 1. The summed E-state index contributed by atoms with van der Waals surface area (Å²) in [6.07, 6.45) is 7.17. The van der Waals surface area contributed by atoms with Gasteiger partial charge in [0.25, 0.3) is 0 Å². The summed E-state index contributed by atoms with van der Waals surface area (Å²) in [5.74, 6) is 1.83. The molecule has 0 unspecified atom stereocenters. The molecule has 1 saturated carbocycles. The normalized spacial score (nSPS) is 27.6. The summed E-state index contributed by atoms with van der Waals surface area (Å²) in [6.45, 7) is 2.56. The van der Waals surface area contributed by atoms with Crippen LogP contribution in [0.2, 0.25) is 0 Å². The van der Waals surface area contributed by atoms with Gasteiger partial charge in [0.15, 0.2) is 5.78 Å². The van der Waals surface area contributed by atoms with Crippen molar-refractivity contribution >= 4 is 5.78 Å². The van der Waals surface area contributed by atoms with Crippen LogP contribution in [0.5, 0.6) is 0 Å². The largest absolute Gasteiger partial charge is 0.377 e.